The lowest BCUT2D eigenvalue weighted by atomic mass is 10.0. The summed E-state index contributed by atoms with van der Waals surface area (Å²) in [5.41, 5.74) is 2.80. The molecule has 39 heavy (non-hydrogen) atoms. The molecule has 0 bridgehead atoms. The van der Waals surface area contributed by atoms with Crippen LogP contribution in [0.3, 0.4) is 0 Å². The predicted molar refractivity (Wildman–Crippen MR) is 158 cm³/mol. The van der Waals surface area contributed by atoms with Crippen LogP contribution in [0.15, 0.2) is 72.8 Å². The fourth-order valence-electron chi connectivity index (χ4n) is 4.10. The normalized spacial score (nSPS) is 12.2. The summed E-state index contributed by atoms with van der Waals surface area (Å²) >= 11 is 12.5. The van der Waals surface area contributed by atoms with Crippen molar-refractivity contribution in [2.45, 2.75) is 45.8 Å². The molecule has 1 atom stereocenters. The molecule has 0 aliphatic carbocycles. The first-order valence-electron chi connectivity index (χ1n) is 12.5. The summed E-state index contributed by atoms with van der Waals surface area (Å²) < 4.78 is 26.6. The molecule has 0 fully saturated rings. The van der Waals surface area contributed by atoms with Crippen LogP contribution in [0.5, 0.6) is 0 Å². The third kappa shape index (κ3) is 8.46. The van der Waals surface area contributed by atoms with Gasteiger partial charge in [0.25, 0.3) is 0 Å². The van der Waals surface area contributed by atoms with Gasteiger partial charge in [0, 0.05) is 19.0 Å². The molecule has 10 heteroatoms. The number of benzene rings is 3. The maximum atomic E-state index is 14.0. The van der Waals surface area contributed by atoms with Gasteiger partial charge in [-0.15, -0.1) is 0 Å². The van der Waals surface area contributed by atoms with E-state index >= 15 is 0 Å². The van der Waals surface area contributed by atoms with E-state index in [1.807, 2.05) is 75.4 Å². The van der Waals surface area contributed by atoms with Gasteiger partial charge in [0.15, 0.2) is 0 Å². The van der Waals surface area contributed by atoms with Crippen LogP contribution in [0.25, 0.3) is 0 Å². The average molecular weight is 591 g/mol. The van der Waals surface area contributed by atoms with Crippen molar-refractivity contribution < 1.29 is 18.0 Å². The number of aryl methyl sites for hydroxylation is 1. The molecule has 1 N–H and O–H groups in total. The monoisotopic (exact) mass is 589 g/mol. The van der Waals surface area contributed by atoms with Crippen LogP contribution in [0.4, 0.5) is 5.69 Å². The smallest absolute Gasteiger partial charge is 0.244 e. The van der Waals surface area contributed by atoms with Gasteiger partial charge in [0.1, 0.15) is 12.6 Å². The lowest BCUT2D eigenvalue weighted by Crippen LogP contribution is -2.54. The number of halogens is 2. The van der Waals surface area contributed by atoms with Gasteiger partial charge in [0.05, 0.1) is 22.0 Å². The summed E-state index contributed by atoms with van der Waals surface area (Å²) in [4.78, 5) is 29.0. The summed E-state index contributed by atoms with van der Waals surface area (Å²) in [6.07, 6.45) is 1.24. The molecule has 0 saturated heterocycles. The third-order valence-corrected chi connectivity index (χ3v) is 7.99. The number of anilines is 1. The topological polar surface area (TPSA) is 86.8 Å². The van der Waals surface area contributed by atoms with E-state index < -0.39 is 28.5 Å². The summed E-state index contributed by atoms with van der Waals surface area (Å²) in [5.74, 6) is -0.891. The molecule has 0 unspecified atom stereocenters. The lowest BCUT2D eigenvalue weighted by molar-refractivity contribution is -0.140. The van der Waals surface area contributed by atoms with E-state index in [0.29, 0.717) is 0 Å². The van der Waals surface area contributed by atoms with Gasteiger partial charge in [-0.25, -0.2) is 8.42 Å². The molecule has 0 heterocycles. The highest BCUT2D eigenvalue weighted by atomic mass is 35.5. The quantitative estimate of drug-likeness (QED) is 0.331. The number of carbonyl (C=O) groups excluding carboxylic acids is 2. The van der Waals surface area contributed by atoms with Crippen molar-refractivity contribution in [3.05, 3.63) is 99.5 Å². The molecule has 208 valence electrons. The van der Waals surface area contributed by atoms with E-state index in [0.717, 1.165) is 27.3 Å². The van der Waals surface area contributed by atoms with Crippen molar-refractivity contribution in [2.75, 3.05) is 17.1 Å². The predicted octanol–water partition coefficient (Wildman–Crippen LogP) is 5.23. The van der Waals surface area contributed by atoms with Gasteiger partial charge in [0.2, 0.25) is 21.8 Å². The van der Waals surface area contributed by atoms with Crippen LogP contribution < -0.4 is 9.62 Å². The van der Waals surface area contributed by atoms with E-state index in [4.69, 9.17) is 23.2 Å². The first-order valence-corrected chi connectivity index (χ1v) is 15.1. The zero-order valence-electron chi connectivity index (χ0n) is 22.4. The van der Waals surface area contributed by atoms with Crippen molar-refractivity contribution in [3.8, 4) is 0 Å². The van der Waals surface area contributed by atoms with E-state index in [-0.39, 0.29) is 40.6 Å². The maximum absolute atomic E-state index is 14.0. The van der Waals surface area contributed by atoms with Crippen molar-refractivity contribution >= 4 is 50.7 Å². The highest BCUT2D eigenvalue weighted by molar-refractivity contribution is 7.92. The van der Waals surface area contributed by atoms with Gasteiger partial charge in [-0.1, -0.05) is 89.4 Å². The summed E-state index contributed by atoms with van der Waals surface area (Å²) in [6, 6.07) is 20.5. The Morgan fingerprint density at radius 3 is 2.13 bits per heavy atom. The molecule has 0 saturated carbocycles. The van der Waals surface area contributed by atoms with Gasteiger partial charge >= 0.3 is 0 Å². The molecule has 7 nitrogen and oxygen atoms in total. The fraction of sp³-hybridized carbons (Fsp3) is 0.310. The number of rotatable bonds is 11. The van der Waals surface area contributed by atoms with Crippen LogP contribution in [0, 0.1) is 6.92 Å². The number of hydrogen-bond donors (Lipinski definition) is 1. The van der Waals surface area contributed by atoms with Gasteiger partial charge in [-0.2, -0.15) is 0 Å². The fourth-order valence-corrected chi connectivity index (χ4v) is 5.41. The first kappa shape index (κ1) is 30.5. The second kappa shape index (κ2) is 13.3. The van der Waals surface area contributed by atoms with E-state index in [2.05, 4.69) is 5.32 Å². The third-order valence-electron chi connectivity index (χ3n) is 6.05. The molecular formula is C29H33Cl2N3O4S. The molecule has 0 aliphatic heterocycles. The zero-order chi connectivity index (χ0) is 28.7. The molecule has 0 radical (unpaired) electrons. The molecule has 0 spiro atoms. The molecule has 0 aromatic heterocycles. The number of hydrogen-bond acceptors (Lipinski definition) is 4. The summed E-state index contributed by atoms with van der Waals surface area (Å²) in [7, 11) is -3.95. The number of carbonyl (C=O) groups is 2. The number of nitrogens with one attached hydrogen (secondary N) is 1. The second-order valence-corrected chi connectivity index (χ2v) is 12.4. The minimum atomic E-state index is -3.95. The van der Waals surface area contributed by atoms with Crippen molar-refractivity contribution in [1.82, 2.24) is 10.2 Å². The highest BCUT2D eigenvalue weighted by Gasteiger charge is 2.33. The zero-order valence-corrected chi connectivity index (χ0v) is 24.7. The van der Waals surface area contributed by atoms with Crippen LogP contribution in [0.1, 0.15) is 30.5 Å². The summed E-state index contributed by atoms with van der Waals surface area (Å²) in [5, 5.41) is 3.09. The second-order valence-electron chi connectivity index (χ2n) is 9.72. The molecule has 3 rings (SSSR count). The Labute approximate surface area is 240 Å². The maximum Gasteiger partial charge on any atom is 0.244 e. The Morgan fingerprint density at radius 2 is 1.54 bits per heavy atom. The van der Waals surface area contributed by atoms with Gasteiger partial charge in [-0.3, -0.25) is 13.9 Å². The number of nitrogens with zero attached hydrogens (tertiary/aromatic N) is 2. The molecule has 2 amide bonds. The summed E-state index contributed by atoms with van der Waals surface area (Å²) in [6.45, 7) is 5.18. The molecule has 0 aliphatic rings. The standard InChI is InChI=1S/C29H33Cl2N3O4S/c1-20(2)32-29(36)26(17-22-9-6-5-7-10-22)33(18-23-15-13-21(3)14-16-23)27(35)19-34(39(4,37)38)25-12-8-11-24(30)28(25)31/h5-16,20,26H,17-19H2,1-4H3,(H,32,36)/t26-/m0/s1. The largest absolute Gasteiger partial charge is 0.352 e. The minimum absolute atomic E-state index is 0.0147. The van der Waals surface area contributed by atoms with Crippen LogP contribution in [0.2, 0.25) is 10.0 Å². The highest BCUT2D eigenvalue weighted by Crippen LogP contribution is 2.33. The molecular weight excluding hydrogens is 557 g/mol. The van der Waals surface area contributed by atoms with E-state index in [1.165, 1.54) is 17.0 Å². The number of amides is 2. The Hall–Kier alpha value is -3.07. The van der Waals surface area contributed by atoms with Crippen molar-refractivity contribution in [2.24, 2.45) is 0 Å². The van der Waals surface area contributed by atoms with E-state index in [9.17, 15) is 18.0 Å². The Kier molecular flexibility index (Phi) is 10.4. The Morgan fingerprint density at radius 1 is 0.897 bits per heavy atom. The average Bonchev–Trinajstić information content (AvgIpc) is 2.87. The SMILES string of the molecule is Cc1ccc(CN(C(=O)CN(c2cccc(Cl)c2Cl)S(C)(=O)=O)[C@@H](Cc2ccccc2)C(=O)NC(C)C)cc1. The first-order chi connectivity index (χ1) is 18.4. The molecule has 3 aromatic rings. The van der Waals surface area contributed by atoms with Crippen LogP contribution in [-0.4, -0.2) is 50.0 Å². The van der Waals surface area contributed by atoms with E-state index in [1.54, 1.807) is 6.07 Å². The Bertz CT molecular complexity index is 1400. The molecule has 3 aromatic carbocycles. The van der Waals surface area contributed by atoms with Crippen LogP contribution in [-0.2, 0) is 32.6 Å². The minimum Gasteiger partial charge on any atom is -0.352 e. The van der Waals surface area contributed by atoms with Crippen molar-refractivity contribution in [1.29, 1.82) is 0 Å². The van der Waals surface area contributed by atoms with Crippen LogP contribution >= 0.6 is 23.2 Å². The lowest BCUT2D eigenvalue weighted by Gasteiger charge is -2.34. The number of sulfonamides is 1. The van der Waals surface area contributed by atoms with Gasteiger partial charge < -0.3 is 10.2 Å². The van der Waals surface area contributed by atoms with Crippen molar-refractivity contribution in [3.63, 3.8) is 0 Å². The Balaban J connectivity index is 2.07. The van der Waals surface area contributed by atoms with Gasteiger partial charge in [-0.05, 0) is 44.0 Å².